The molecule has 0 rings (SSSR count). The Morgan fingerprint density at radius 3 is 1.25 bits per heavy atom. The molecular weight excluding hydrogens is 219 g/mol. The van der Waals surface area contributed by atoms with Gasteiger partial charge in [0.15, 0.2) is 0 Å². The van der Waals surface area contributed by atoms with Gasteiger partial charge in [-0.15, -0.1) is 0 Å². The van der Waals surface area contributed by atoms with E-state index in [4.69, 9.17) is 4.66 Å². The van der Waals surface area contributed by atoms with Gasteiger partial charge in [0.25, 0.3) is 0 Å². The molecule has 0 aliphatic carbocycles. The van der Waals surface area contributed by atoms with Crippen molar-refractivity contribution in [3.63, 3.8) is 0 Å². The van der Waals surface area contributed by atoms with Gasteiger partial charge in [0.1, 0.15) is 0 Å². The summed E-state index contributed by atoms with van der Waals surface area (Å²) in [7, 11) is 0. The maximum atomic E-state index is 6.47. The number of hydrogen-bond acceptors (Lipinski definition) is 1. The summed E-state index contributed by atoms with van der Waals surface area (Å²) in [5.74, 6) is 0. The first kappa shape index (κ1) is 16.4. The van der Waals surface area contributed by atoms with Crippen LogP contribution in [0.4, 0.5) is 0 Å². The Labute approximate surface area is 74.4 Å². The molecule has 1 N–H and O–H groups in total. The summed E-state index contributed by atoms with van der Waals surface area (Å²) in [5.41, 5.74) is 0. The number of halogens is 1. The molecule has 0 aliphatic heterocycles. The average Bonchev–Trinajstić information content (AvgIpc) is 1.00. The number of hydrogen-bond donors (Lipinski definition) is 1. The second-order valence-electron chi connectivity index (χ2n) is 0. The Hall–Kier alpha value is 2.16. The van der Waals surface area contributed by atoms with Gasteiger partial charge in [0, 0.05) is 59.1 Å². The van der Waals surface area contributed by atoms with E-state index in [1.165, 1.54) is 0 Å². The Morgan fingerprint density at radius 2 is 1.25 bits per heavy atom. The Bertz CT molecular complexity index is 8.00. The van der Waals surface area contributed by atoms with Gasteiger partial charge in [-0.2, -0.15) is 0 Å². The van der Waals surface area contributed by atoms with Crippen LogP contribution in [0.25, 0.3) is 0 Å². The zero-order chi connectivity index (χ0) is 2.00. The minimum absolute atomic E-state index is 0. The molecule has 0 aliphatic rings. The topological polar surface area (TPSA) is 20.2 Å². The quantitative estimate of drug-likeness (QED) is 0.557. The van der Waals surface area contributed by atoms with Gasteiger partial charge in [-0.05, 0) is 0 Å². The van der Waals surface area contributed by atoms with Crippen molar-refractivity contribution in [2.45, 2.75) is 0 Å². The molecule has 0 aromatic rings. The molecule has 0 aromatic carbocycles. The van der Waals surface area contributed by atoms with Gasteiger partial charge in [0.05, 0.1) is 11.9 Å². The molecule has 0 bridgehead atoms. The standard InChI is InChI=1S/Al.Ce.ClHO/c;;1-2/h;;2H. The maximum Gasteiger partial charge on any atom is 0.0579 e. The molecule has 3 radical (unpaired) electrons. The van der Waals surface area contributed by atoms with Gasteiger partial charge in [0.2, 0.25) is 0 Å². The van der Waals surface area contributed by atoms with Crippen molar-refractivity contribution >= 4 is 29.2 Å². The van der Waals surface area contributed by atoms with Crippen molar-refractivity contribution in [3.05, 3.63) is 0 Å². The van der Waals surface area contributed by atoms with E-state index >= 15 is 0 Å². The van der Waals surface area contributed by atoms with Crippen LogP contribution in [-0.4, -0.2) is 22.0 Å². The van der Waals surface area contributed by atoms with Crippen LogP contribution in [0.1, 0.15) is 0 Å². The summed E-state index contributed by atoms with van der Waals surface area (Å²) < 4.78 is 6.47. The van der Waals surface area contributed by atoms with Crippen molar-refractivity contribution < 1.29 is 46.4 Å². The Kier molecular flexibility index (Phi) is 78.6. The molecule has 0 aromatic heterocycles. The fourth-order valence-corrected chi connectivity index (χ4v) is 0. The molecule has 0 atom stereocenters. The second kappa shape index (κ2) is 19.1. The smallest absolute Gasteiger partial charge is 0.0579 e. The molecule has 4 heteroatoms. The van der Waals surface area contributed by atoms with E-state index in [1.54, 1.807) is 0 Å². The Morgan fingerprint density at radius 1 is 1.25 bits per heavy atom. The Balaban J connectivity index is -0.00000000500. The SMILES string of the molecule is OCl.[Al].[Ce]. The second-order valence-corrected chi connectivity index (χ2v) is 0. The van der Waals surface area contributed by atoms with Crippen LogP contribution in [0.15, 0.2) is 0 Å². The van der Waals surface area contributed by atoms with Gasteiger partial charge >= 0.3 is 0 Å². The van der Waals surface area contributed by atoms with Crippen molar-refractivity contribution in [3.8, 4) is 0 Å². The van der Waals surface area contributed by atoms with Crippen molar-refractivity contribution in [2.75, 3.05) is 0 Å². The first-order valence-corrected chi connectivity index (χ1v) is 0.507. The van der Waals surface area contributed by atoms with E-state index in [2.05, 4.69) is 11.9 Å². The molecule has 4 heavy (non-hydrogen) atoms. The van der Waals surface area contributed by atoms with Crippen LogP contribution < -0.4 is 0 Å². The molecule has 0 amide bonds. The van der Waals surface area contributed by atoms with E-state index in [-0.39, 0.29) is 59.1 Å². The van der Waals surface area contributed by atoms with Gasteiger partial charge in [-0.1, -0.05) is 0 Å². The van der Waals surface area contributed by atoms with E-state index in [9.17, 15) is 0 Å². The molecule has 0 fully saturated rings. The van der Waals surface area contributed by atoms with E-state index in [1.807, 2.05) is 0 Å². The fraction of sp³-hybridized carbons (Fsp3) is 0. The van der Waals surface area contributed by atoms with E-state index < -0.39 is 0 Å². The minimum Gasteiger partial charge on any atom is -0.295 e. The maximum absolute atomic E-state index is 6.47. The molecule has 0 heterocycles. The van der Waals surface area contributed by atoms with Crippen LogP contribution in [0, 0.1) is 41.7 Å². The summed E-state index contributed by atoms with van der Waals surface area (Å²) in [5, 5.41) is 0. The molecule has 21 valence electrons. The van der Waals surface area contributed by atoms with Crippen molar-refractivity contribution in [1.82, 2.24) is 0 Å². The van der Waals surface area contributed by atoms with Crippen molar-refractivity contribution in [2.24, 2.45) is 0 Å². The van der Waals surface area contributed by atoms with Gasteiger partial charge in [-0.25, -0.2) is 0 Å². The van der Waals surface area contributed by atoms with Crippen molar-refractivity contribution in [1.29, 1.82) is 0 Å². The predicted octanol–water partition coefficient (Wildman–Crippen LogP) is -0.248. The van der Waals surface area contributed by atoms with Crippen LogP contribution in [0.5, 0.6) is 0 Å². The summed E-state index contributed by atoms with van der Waals surface area (Å²) in [6.07, 6.45) is 0. The average molecular weight is 220 g/mol. The summed E-state index contributed by atoms with van der Waals surface area (Å²) in [4.78, 5) is 0. The first-order chi connectivity index (χ1) is 1.00. The van der Waals surface area contributed by atoms with Gasteiger partial charge in [-0.3, -0.25) is 4.66 Å². The summed E-state index contributed by atoms with van der Waals surface area (Å²) in [6, 6.07) is 0. The molecule has 0 unspecified atom stereocenters. The molecule has 0 spiro atoms. The zero-order valence-corrected chi connectivity index (χ0v) is 6.95. The van der Waals surface area contributed by atoms with E-state index in [0.29, 0.717) is 0 Å². The first-order valence-electron chi connectivity index (χ1n) is 0.169. The van der Waals surface area contributed by atoms with Crippen LogP contribution in [-0.2, 0) is 0 Å². The third-order valence-electron chi connectivity index (χ3n) is 0. The molecule has 0 saturated carbocycles. The van der Waals surface area contributed by atoms with Gasteiger partial charge < -0.3 is 0 Å². The fourth-order valence-electron chi connectivity index (χ4n) is 0. The van der Waals surface area contributed by atoms with E-state index in [0.717, 1.165) is 0 Å². The van der Waals surface area contributed by atoms with Crippen LogP contribution in [0.2, 0.25) is 0 Å². The van der Waals surface area contributed by atoms with Crippen LogP contribution in [0.3, 0.4) is 0 Å². The molecular formula is HAlCeClO. The predicted molar refractivity (Wildman–Crippen MR) is 13.8 cm³/mol. The third-order valence-corrected chi connectivity index (χ3v) is 0. The largest absolute Gasteiger partial charge is 0.295 e. The normalized spacial score (nSPS) is 1.50. The third kappa shape index (κ3) is 8.90. The minimum atomic E-state index is 0. The van der Waals surface area contributed by atoms with Crippen LogP contribution >= 0.6 is 11.9 Å². The zero-order valence-electron chi connectivity index (χ0n) is 1.90. The monoisotopic (exact) mass is 219 g/mol. The molecule has 1 nitrogen and oxygen atoms in total. The number of rotatable bonds is 0. The summed E-state index contributed by atoms with van der Waals surface area (Å²) in [6.45, 7) is 0. The molecule has 0 saturated heterocycles. The summed E-state index contributed by atoms with van der Waals surface area (Å²) >= 11 is 3.64.